The number of carbonyl (C=O) groups is 2. The van der Waals surface area contributed by atoms with Gasteiger partial charge in [-0.05, 0) is 18.4 Å². The molecular formula is C22H24N8O3. The molecule has 1 saturated heterocycles. The van der Waals surface area contributed by atoms with E-state index in [2.05, 4.69) is 38.9 Å². The van der Waals surface area contributed by atoms with Gasteiger partial charge in [-0.1, -0.05) is 12.5 Å². The maximum Gasteiger partial charge on any atom is 0.255 e. The van der Waals surface area contributed by atoms with E-state index in [1.807, 2.05) is 0 Å². The van der Waals surface area contributed by atoms with Crippen LogP contribution in [0.5, 0.6) is 0 Å². The minimum atomic E-state index is -0.651. The van der Waals surface area contributed by atoms with Crippen LogP contribution in [0.25, 0.3) is 5.65 Å². The maximum atomic E-state index is 12.3. The molecule has 11 nitrogen and oxygen atoms in total. The Bertz CT molecular complexity index is 1280. The largest absolute Gasteiger partial charge is 0.383 e. The number of likely N-dealkylation sites (tertiary alicyclic amines) is 1. The molecule has 170 valence electrons. The number of hydrogen-bond donors (Lipinski definition) is 2. The summed E-state index contributed by atoms with van der Waals surface area (Å²) in [5.74, 6) is 5.54. The minimum Gasteiger partial charge on any atom is -0.383 e. The Morgan fingerprint density at radius 1 is 1.42 bits per heavy atom. The van der Waals surface area contributed by atoms with Crippen LogP contribution in [0, 0.1) is 11.8 Å². The molecule has 0 unspecified atom stereocenters. The van der Waals surface area contributed by atoms with Crippen LogP contribution in [-0.2, 0) is 9.53 Å². The van der Waals surface area contributed by atoms with Gasteiger partial charge in [0.15, 0.2) is 11.3 Å². The summed E-state index contributed by atoms with van der Waals surface area (Å²) in [5, 5.41) is 11.9. The van der Waals surface area contributed by atoms with E-state index in [1.54, 1.807) is 52.9 Å². The number of ether oxygens (including phenoxy) is 1. The first-order valence-corrected chi connectivity index (χ1v) is 10.3. The molecule has 2 amide bonds. The topological polar surface area (TPSA) is 133 Å². The highest BCUT2D eigenvalue weighted by atomic mass is 16.5. The number of rotatable bonds is 6. The predicted octanol–water partition coefficient (Wildman–Crippen LogP) is 0.441. The molecule has 0 spiro atoms. The normalized spacial score (nSPS) is 17.6. The SMILES string of the molecule is C=CC(=O)N1C[C@@H](n2nc(C#Cc3cnn4ccnc4c3)c(C(N)=O)c2NC)C[C@@H]1COC. The number of hydrogen-bond acceptors (Lipinski definition) is 7. The Balaban J connectivity index is 1.72. The molecule has 0 radical (unpaired) electrons. The summed E-state index contributed by atoms with van der Waals surface area (Å²) in [6, 6.07) is 1.44. The van der Waals surface area contributed by atoms with Crippen molar-refractivity contribution >= 4 is 23.3 Å². The van der Waals surface area contributed by atoms with Crippen LogP contribution in [0.1, 0.15) is 34.1 Å². The van der Waals surface area contributed by atoms with E-state index in [0.717, 1.165) is 0 Å². The van der Waals surface area contributed by atoms with E-state index in [4.69, 9.17) is 10.5 Å². The van der Waals surface area contributed by atoms with Crippen molar-refractivity contribution in [2.75, 3.05) is 32.6 Å². The molecule has 3 N–H and O–H groups in total. The van der Waals surface area contributed by atoms with Gasteiger partial charge >= 0.3 is 0 Å². The summed E-state index contributed by atoms with van der Waals surface area (Å²) in [7, 11) is 3.27. The third-order valence-corrected chi connectivity index (χ3v) is 5.53. The van der Waals surface area contributed by atoms with Crippen molar-refractivity contribution in [1.29, 1.82) is 0 Å². The summed E-state index contributed by atoms with van der Waals surface area (Å²) in [6.45, 7) is 4.35. The molecule has 0 aliphatic carbocycles. The van der Waals surface area contributed by atoms with Crippen LogP contribution in [0.2, 0.25) is 0 Å². The maximum absolute atomic E-state index is 12.3. The number of primary amides is 1. The molecule has 2 atom stereocenters. The van der Waals surface area contributed by atoms with Crippen LogP contribution in [0.4, 0.5) is 5.82 Å². The first-order valence-electron chi connectivity index (χ1n) is 10.3. The second-order valence-corrected chi connectivity index (χ2v) is 7.55. The van der Waals surface area contributed by atoms with Crippen LogP contribution < -0.4 is 11.1 Å². The zero-order valence-corrected chi connectivity index (χ0v) is 18.4. The lowest BCUT2D eigenvalue weighted by Crippen LogP contribution is -2.37. The Labute approximate surface area is 190 Å². The summed E-state index contributed by atoms with van der Waals surface area (Å²) >= 11 is 0. The Morgan fingerprint density at radius 3 is 2.94 bits per heavy atom. The van der Waals surface area contributed by atoms with Gasteiger partial charge in [0, 0.05) is 44.7 Å². The highest BCUT2D eigenvalue weighted by Crippen LogP contribution is 2.32. The van der Waals surface area contributed by atoms with Gasteiger partial charge < -0.3 is 20.7 Å². The van der Waals surface area contributed by atoms with E-state index in [-0.39, 0.29) is 29.2 Å². The highest BCUT2D eigenvalue weighted by molar-refractivity contribution is 6.00. The molecule has 0 aromatic carbocycles. The molecule has 0 saturated carbocycles. The quantitative estimate of drug-likeness (QED) is 0.413. The van der Waals surface area contributed by atoms with Gasteiger partial charge in [-0.3, -0.25) is 9.59 Å². The van der Waals surface area contributed by atoms with Crippen molar-refractivity contribution in [3.63, 3.8) is 0 Å². The molecule has 1 aliphatic heterocycles. The van der Waals surface area contributed by atoms with Gasteiger partial charge in [0.05, 0.1) is 24.9 Å². The lowest BCUT2D eigenvalue weighted by Gasteiger charge is -2.22. The van der Waals surface area contributed by atoms with E-state index in [9.17, 15) is 9.59 Å². The lowest BCUT2D eigenvalue weighted by molar-refractivity contribution is -0.127. The molecule has 33 heavy (non-hydrogen) atoms. The Hall–Kier alpha value is -4.17. The minimum absolute atomic E-state index is 0.140. The molecule has 4 rings (SSSR count). The number of imidazole rings is 1. The smallest absolute Gasteiger partial charge is 0.255 e. The average molecular weight is 448 g/mol. The lowest BCUT2D eigenvalue weighted by atomic mass is 10.1. The molecule has 11 heteroatoms. The fraction of sp³-hybridized carbons (Fsp3) is 0.318. The van der Waals surface area contributed by atoms with Crippen molar-refractivity contribution in [2.45, 2.75) is 18.5 Å². The van der Waals surface area contributed by atoms with Gasteiger partial charge in [-0.2, -0.15) is 10.2 Å². The van der Waals surface area contributed by atoms with Gasteiger partial charge in [0.1, 0.15) is 11.4 Å². The monoisotopic (exact) mass is 448 g/mol. The fourth-order valence-electron chi connectivity index (χ4n) is 4.08. The number of nitrogens with zero attached hydrogens (tertiary/aromatic N) is 6. The Kier molecular flexibility index (Phi) is 6.10. The molecule has 1 fully saturated rings. The van der Waals surface area contributed by atoms with E-state index in [1.165, 1.54) is 6.08 Å². The van der Waals surface area contributed by atoms with Gasteiger partial charge in [-0.25, -0.2) is 14.2 Å². The Morgan fingerprint density at radius 2 is 2.24 bits per heavy atom. The molecule has 0 bridgehead atoms. The van der Waals surface area contributed by atoms with Crippen molar-refractivity contribution in [1.82, 2.24) is 29.3 Å². The average Bonchev–Trinajstić information content (AvgIpc) is 3.53. The number of methoxy groups -OCH3 is 1. The zero-order chi connectivity index (χ0) is 23.5. The number of anilines is 1. The zero-order valence-electron chi connectivity index (χ0n) is 18.4. The second kappa shape index (κ2) is 9.13. The van der Waals surface area contributed by atoms with E-state index >= 15 is 0 Å². The van der Waals surface area contributed by atoms with Crippen molar-refractivity contribution in [3.8, 4) is 11.8 Å². The third kappa shape index (κ3) is 4.16. The van der Waals surface area contributed by atoms with Crippen LogP contribution in [0.15, 0.2) is 37.3 Å². The number of nitrogens with one attached hydrogen (secondary N) is 1. The summed E-state index contributed by atoms with van der Waals surface area (Å²) in [6.07, 6.45) is 6.85. The number of nitrogens with two attached hydrogens (primary N) is 1. The number of amides is 2. The first kappa shape index (κ1) is 22.0. The van der Waals surface area contributed by atoms with Crippen LogP contribution >= 0.6 is 0 Å². The van der Waals surface area contributed by atoms with Gasteiger partial charge in [0.2, 0.25) is 5.91 Å². The fourth-order valence-corrected chi connectivity index (χ4v) is 4.08. The molecule has 3 aromatic heterocycles. The molecular weight excluding hydrogens is 424 g/mol. The number of carbonyl (C=O) groups excluding carboxylic acids is 2. The van der Waals surface area contributed by atoms with Crippen LogP contribution in [-0.4, -0.2) is 74.4 Å². The number of aromatic nitrogens is 5. The van der Waals surface area contributed by atoms with Crippen LogP contribution in [0.3, 0.4) is 0 Å². The highest BCUT2D eigenvalue weighted by Gasteiger charge is 2.37. The first-order chi connectivity index (χ1) is 16.0. The number of fused-ring (bicyclic) bond motifs is 1. The second-order valence-electron chi connectivity index (χ2n) is 7.55. The summed E-state index contributed by atoms with van der Waals surface area (Å²) in [5.41, 5.74) is 7.39. The molecule has 4 heterocycles. The van der Waals surface area contributed by atoms with Gasteiger partial charge in [-0.15, -0.1) is 0 Å². The molecule has 1 aliphatic rings. The standard InChI is InChI=1S/C22H24N8O3/c1-4-19(31)28-12-15(10-16(28)13-33-3)30-22(24-2)20(21(23)32)17(27-30)6-5-14-9-18-25-7-8-29(18)26-11-14/h4,7-9,11,15-16,24H,1,10,12-13H2,2-3H3,(H2,23,32)/t15-,16+/m0/s1. The summed E-state index contributed by atoms with van der Waals surface area (Å²) in [4.78, 5) is 30.5. The summed E-state index contributed by atoms with van der Waals surface area (Å²) < 4.78 is 8.59. The van der Waals surface area contributed by atoms with Crippen molar-refractivity contribution in [3.05, 3.63) is 54.1 Å². The van der Waals surface area contributed by atoms with Gasteiger partial charge in [0.25, 0.3) is 5.91 Å². The predicted molar refractivity (Wildman–Crippen MR) is 120 cm³/mol. The van der Waals surface area contributed by atoms with Crippen molar-refractivity contribution < 1.29 is 14.3 Å². The molecule has 3 aromatic rings. The third-order valence-electron chi connectivity index (χ3n) is 5.53. The van der Waals surface area contributed by atoms with E-state index in [0.29, 0.717) is 36.6 Å². The van der Waals surface area contributed by atoms with Crippen molar-refractivity contribution in [2.24, 2.45) is 5.73 Å². The van der Waals surface area contributed by atoms with E-state index < -0.39 is 5.91 Å².